The summed E-state index contributed by atoms with van der Waals surface area (Å²) in [5.41, 5.74) is 6.97. The van der Waals surface area contributed by atoms with Crippen LogP contribution in [0.25, 0.3) is 0 Å². The molecule has 4 heteroatoms. The molecule has 3 nitrogen and oxygen atoms in total. The first kappa shape index (κ1) is 14.8. The van der Waals surface area contributed by atoms with E-state index < -0.39 is 6.04 Å². The Morgan fingerprint density at radius 1 is 1.20 bits per heavy atom. The molecule has 0 fully saturated rings. The topological polar surface area (TPSA) is 46.3 Å². The SMILES string of the molecule is CC(C)N(Cc1cccs1)C(=O)C(N)c1ccccc1. The molecule has 1 atom stereocenters. The highest BCUT2D eigenvalue weighted by molar-refractivity contribution is 7.09. The molecule has 0 aliphatic carbocycles. The summed E-state index contributed by atoms with van der Waals surface area (Å²) in [7, 11) is 0. The molecular formula is C16H20N2OS. The number of rotatable bonds is 5. The maximum Gasteiger partial charge on any atom is 0.244 e. The van der Waals surface area contributed by atoms with E-state index in [1.807, 2.05) is 66.6 Å². The minimum absolute atomic E-state index is 0.0281. The van der Waals surface area contributed by atoms with Crippen molar-refractivity contribution in [3.63, 3.8) is 0 Å². The highest BCUT2D eigenvalue weighted by Crippen LogP contribution is 2.19. The third kappa shape index (κ3) is 3.46. The van der Waals surface area contributed by atoms with Crippen molar-refractivity contribution in [3.8, 4) is 0 Å². The first-order chi connectivity index (χ1) is 9.59. The summed E-state index contributed by atoms with van der Waals surface area (Å²) in [5, 5.41) is 2.02. The molecule has 0 saturated heterocycles. The second kappa shape index (κ2) is 6.68. The van der Waals surface area contributed by atoms with E-state index in [1.54, 1.807) is 11.3 Å². The van der Waals surface area contributed by atoms with Gasteiger partial charge in [-0.3, -0.25) is 4.79 Å². The van der Waals surface area contributed by atoms with Gasteiger partial charge in [-0.1, -0.05) is 36.4 Å². The van der Waals surface area contributed by atoms with Gasteiger partial charge in [0.2, 0.25) is 5.91 Å². The number of thiophene rings is 1. The highest BCUT2D eigenvalue weighted by Gasteiger charge is 2.24. The number of benzene rings is 1. The van der Waals surface area contributed by atoms with Gasteiger partial charge in [0.15, 0.2) is 0 Å². The molecule has 0 radical (unpaired) electrons. The molecule has 0 bridgehead atoms. The van der Waals surface area contributed by atoms with Crippen molar-refractivity contribution in [1.29, 1.82) is 0 Å². The second-order valence-corrected chi connectivity index (χ2v) is 6.06. The largest absolute Gasteiger partial charge is 0.333 e. The molecule has 1 aromatic carbocycles. The van der Waals surface area contributed by atoms with Crippen LogP contribution >= 0.6 is 11.3 Å². The van der Waals surface area contributed by atoms with E-state index in [0.29, 0.717) is 6.54 Å². The molecule has 20 heavy (non-hydrogen) atoms. The number of amides is 1. The van der Waals surface area contributed by atoms with Gasteiger partial charge in [0.25, 0.3) is 0 Å². The van der Waals surface area contributed by atoms with Crippen LogP contribution in [0.4, 0.5) is 0 Å². The molecule has 1 amide bonds. The predicted octanol–water partition coefficient (Wildman–Crippen LogP) is 3.19. The molecule has 2 rings (SSSR count). The van der Waals surface area contributed by atoms with Crippen molar-refractivity contribution in [3.05, 3.63) is 58.3 Å². The van der Waals surface area contributed by atoms with Crippen LogP contribution in [-0.2, 0) is 11.3 Å². The monoisotopic (exact) mass is 288 g/mol. The Morgan fingerprint density at radius 3 is 2.45 bits per heavy atom. The minimum Gasteiger partial charge on any atom is -0.333 e. The van der Waals surface area contributed by atoms with E-state index in [-0.39, 0.29) is 11.9 Å². The number of hydrogen-bond donors (Lipinski definition) is 1. The zero-order valence-electron chi connectivity index (χ0n) is 11.8. The van der Waals surface area contributed by atoms with Gasteiger partial charge in [-0.05, 0) is 30.9 Å². The Kier molecular flexibility index (Phi) is 4.93. The Bertz CT molecular complexity index is 537. The summed E-state index contributed by atoms with van der Waals surface area (Å²) < 4.78 is 0. The van der Waals surface area contributed by atoms with Gasteiger partial charge < -0.3 is 10.6 Å². The standard InChI is InChI=1S/C16H20N2OS/c1-12(2)18(11-14-9-6-10-20-14)16(19)15(17)13-7-4-3-5-8-13/h3-10,12,15H,11,17H2,1-2H3. The highest BCUT2D eigenvalue weighted by atomic mass is 32.1. The lowest BCUT2D eigenvalue weighted by molar-refractivity contribution is -0.135. The van der Waals surface area contributed by atoms with Gasteiger partial charge >= 0.3 is 0 Å². The Morgan fingerprint density at radius 2 is 1.90 bits per heavy atom. The van der Waals surface area contributed by atoms with Crippen molar-refractivity contribution < 1.29 is 4.79 Å². The number of nitrogens with two attached hydrogens (primary N) is 1. The van der Waals surface area contributed by atoms with Gasteiger partial charge in [-0.2, -0.15) is 0 Å². The average Bonchev–Trinajstić information content (AvgIpc) is 2.97. The van der Waals surface area contributed by atoms with Gasteiger partial charge in [0.05, 0.1) is 6.54 Å². The zero-order valence-corrected chi connectivity index (χ0v) is 12.6. The Balaban J connectivity index is 2.15. The molecule has 2 aromatic rings. The molecule has 0 spiro atoms. The van der Waals surface area contributed by atoms with Crippen molar-refractivity contribution in [1.82, 2.24) is 4.90 Å². The second-order valence-electron chi connectivity index (χ2n) is 5.03. The molecule has 1 heterocycles. The molecule has 2 N–H and O–H groups in total. The fourth-order valence-corrected chi connectivity index (χ4v) is 2.77. The van der Waals surface area contributed by atoms with Crippen molar-refractivity contribution in [2.45, 2.75) is 32.5 Å². The maximum atomic E-state index is 12.6. The predicted molar refractivity (Wildman–Crippen MR) is 83.4 cm³/mol. The van der Waals surface area contributed by atoms with E-state index in [9.17, 15) is 4.79 Å². The van der Waals surface area contributed by atoms with Crippen LogP contribution in [0.1, 0.15) is 30.3 Å². The van der Waals surface area contributed by atoms with Crippen LogP contribution in [0.15, 0.2) is 47.8 Å². The molecule has 0 aliphatic rings. The summed E-state index contributed by atoms with van der Waals surface area (Å²) in [6, 6.07) is 13.1. The zero-order chi connectivity index (χ0) is 14.5. The molecule has 1 aromatic heterocycles. The summed E-state index contributed by atoms with van der Waals surface area (Å²) in [6.45, 7) is 4.65. The summed E-state index contributed by atoms with van der Waals surface area (Å²) in [5.74, 6) is -0.0281. The lowest BCUT2D eigenvalue weighted by Crippen LogP contribution is -2.42. The first-order valence-corrected chi connectivity index (χ1v) is 7.61. The van der Waals surface area contributed by atoms with Crippen molar-refractivity contribution in [2.75, 3.05) is 0 Å². The summed E-state index contributed by atoms with van der Waals surface area (Å²) in [6.07, 6.45) is 0. The fourth-order valence-electron chi connectivity index (χ4n) is 2.07. The van der Waals surface area contributed by atoms with Gasteiger partial charge in [0.1, 0.15) is 6.04 Å². The van der Waals surface area contributed by atoms with Crippen LogP contribution in [0.2, 0.25) is 0 Å². The van der Waals surface area contributed by atoms with Crippen LogP contribution in [0.5, 0.6) is 0 Å². The maximum absolute atomic E-state index is 12.6. The number of carbonyl (C=O) groups excluding carboxylic acids is 1. The molecule has 1 unspecified atom stereocenters. The summed E-state index contributed by atoms with van der Waals surface area (Å²) >= 11 is 1.66. The number of carbonyl (C=O) groups is 1. The van der Waals surface area contributed by atoms with E-state index in [1.165, 1.54) is 4.88 Å². The number of nitrogens with zero attached hydrogens (tertiary/aromatic N) is 1. The van der Waals surface area contributed by atoms with Crippen LogP contribution in [-0.4, -0.2) is 16.8 Å². The molecular weight excluding hydrogens is 268 g/mol. The molecule has 106 valence electrons. The van der Waals surface area contributed by atoms with E-state index in [4.69, 9.17) is 5.73 Å². The van der Waals surface area contributed by atoms with Crippen LogP contribution in [0, 0.1) is 0 Å². The first-order valence-electron chi connectivity index (χ1n) is 6.73. The van der Waals surface area contributed by atoms with E-state index in [0.717, 1.165) is 5.56 Å². The lowest BCUT2D eigenvalue weighted by atomic mass is 10.1. The van der Waals surface area contributed by atoms with Gasteiger partial charge in [-0.25, -0.2) is 0 Å². The van der Waals surface area contributed by atoms with Gasteiger partial charge in [0, 0.05) is 10.9 Å². The molecule has 0 aliphatic heterocycles. The minimum atomic E-state index is -0.599. The van der Waals surface area contributed by atoms with Crippen LogP contribution < -0.4 is 5.73 Å². The van der Waals surface area contributed by atoms with Gasteiger partial charge in [-0.15, -0.1) is 11.3 Å². The van der Waals surface area contributed by atoms with Crippen molar-refractivity contribution in [2.24, 2.45) is 5.73 Å². The molecule has 0 saturated carbocycles. The third-order valence-electron chi connectivity index (χ3n) is 3.24. The Labute approximate surface area is 124 Å². The van der Waals surface area contributed by atoms with E-state index in [2.05, 4.69) is 0 Å². The van der Waals surface area contributed by atoms with Crippen LogP contribution in [0.3, 0.4) is 0 Å². The third-order valence-corrected chi connectivity index (χ3v) is 4.10. The summed E-state index contributed by atoms with van der Waals surface area (Å²) in [4.78, 5) is 15.6. The quantitative estimate of drug-likeness (QED) is 0.918. The van der Waals surface area contributed by atoms with Crippen molar-refractivity contribution >= 4 is 17.2 Å². The average molecular weight is 288 g/mol. The fraction of sp³-hybridized carbons (Fsp3) is 0.312. The smallest absolute Gasteiger partial charge is 0.244 e. The Hall–Kier alpha value is -1.65. The van der Waals surface area contributed by atoms with E-state index >= 15 is 0 Å². The number of hydrogen-bond acceptors (Lipinski definition) is 3. The lowest BCUT2D eigenvalue weighted by Gasteiger charge is -2.29. The normalized spacial score (nSPS) is 12.4.